The van der Waals surface area contributed by atoms with Crippen molar-refractivity contribution in [2.24, 2.45) is 5.10 Å². The monoisotopic (exact) mass is 443 g/mol. The van der Waals surface area contributed by atoms with Crippen molar-refractivity contribution >= 4 is 33.0 Å². The summed E-state index contributed by atoms with van der Waals surface area (Å²) in [5.74, 6) is 1.84. The number of aromatic nitrogens is 2. The van der Waals surface area contributed by atoms with Crippen LogP contribution in [0.3, 0.4) is 0 Å². The first-order valence-electron chi connectivity index (χ1n) is 9.14. The average molecular weight is 444 g/mol. The van der Waals surface area contributed by atoms with Crippen LogP contribution in [0.4, 0.5) is 0 Å². The van der Waals surface area contributed by atoms with Gasteiger partial charge in [0, 0.05) is 16.5 Å². The van der Waals surface area contributed by atoms with Crippen molar-refractivity contribution < 1.29 is 9.47 Å². The zero-order valence-electron chi connectivity index (χ0n) is 16.1. The lowest BCUT2D eigenvalue weighted by atomic mass is 10.2. The van der Waals surface area contributed by atoms with Crippen LogP contribution in [0.25, 0.3) is 10.9 Å². The smallest absolute Gasteiger partial charge is 0.282 e. The lowest BCUT2D eigenvalue weighted by Gasteiger charge is -2.12. The predicted molar refractivity (Wildman–Crippen MR) is 115 cm³/mol. The Morgan fingerprint density at radius 3 is 2.79 bits per heavy atom. The quantitative estimate of drug-likeness (QED) is 0.507. The van der Waals surface area contributed by atoms with Gasteiger partial charge in [-0.1, -0.05) is 28.9 Å². The summed E-state index contributed by atoms with van der Waals surface area (Å²) >= 11 is 3.41. The molecule has 28 heavy (non-hydrogen) atoms. The summed E-state index contributed by atoms with van der Waals surface area (Å²) in [5.41, 5.74) is 1.19. The minimum atomic E-state index is -0.202. The highest BCUT2D eigenvalue weighted by atomic mass is 79.9. The number of ether oxygens (including phenoxy) is 2. The Morgan fingerprint density at radius 2 is 2.07 bits per heavy atom. The average Bonchev–Trinajstić information content (AvgIpc) is 2.69. The molecule has 3 aromatic rings. The van der Waals surface area contributed by atoms with E-state index in [1.165, 1.54) is 4.68 Å². The first kappa shape index (κ1) is 20.1. The number of halogens is 1. The Hall–Kier alpha value is -2.67. The standard InChI is InChI=1S/C21H22BrN3O3/c1-4-7-19-24-17-11-10-15(22)12-16(17)21(26)25(19)23-13-14-8-6-9-18(27-3)20(14)28-5-2/h6,8-13H,4-5,7H2,1-3H3. The molecule has 0 N–H and O–H groups in total. The summed E-state index contributed by atoms with van der Waals surface area (Å²) in [4.78, 5) is 17.7. The fraction of sp³-hybridized carbons (Fsp3) is 0.286. The highest BCUT2D eigenvalue weighted by molar-refractivity contribution is 9.10. The Kier molecular flexibility index (Phi) is 6.46. The summed E-state index contributed by atoms with van der Waals surface area (Å²) < 4.78 is 13.3. The summed E-state index contributed by atoms with van der Waals surface area (Å²) in [7, 11) is 1.59. The maximum Gasteiger partial charge on any atom is 0.282 e. The van der Waals surface area contributed by atoms with Gasteiger partial charge in [-0.3, -0.25) is 4.79 Å². The van der Waals surface area contributed by atoms with E-state index in [0.717, 1.165) is 16.5 Å². The van der Waals surface area contributed by atoms with Gasteiger partial charge in [0.2, 0.25) is 0 Å². The first-order chi connectivity index (χ1) is 13.6. The molecule has 0 spiro atoms. The number of para-hydroxylation sites is 1. The Balaban J connectivity index is 2.15. The van der Waals surface area contributed by atoms with Crippen molar-refractivity contribution in [1.29, 1.82) is 0 Å². The molecule has 2 aromatic carbocycles. The maximum absolute atomic E-state index is 13.1. The zero-order valence-corrected chi connectivity index (χ0v) is 17.7. The molecule has 0 bridgehead atoms. The zero-order chi connectivity index (χ0) is 20.1. The van der Waals surface area contributed by atoms with Gasteiger partial charge in [0.25, 0.3) is 5.56 Å². The van der Waals surface area contributed by atoms with E-state index in [0.29, 0.717) is 41.3 Å². The maximum atomic E-state index is 13.1. The molecule has 3 rings (SSSR count). The molecule has 0 aliphatic carbocycles. The van der Waals surface area contributed by atoms with Gasteiger partial charge in [-0.05, 0) is 43.7 Å². The molecule has 6 nitrogen and oxygen atoms in total. The van der Waals surface area contributed by atoms with E-state index in [1.807, 2.05) is 44.2 Å². The third-order valence-electron chi connectivity index (χ3n) is 4.18. The van der Waals surface area contributed by atoms with E-state index < -0.39 is 0 Å². The molecule has 146 valence electrons. The third kappa shape index (κ3) is 4.09. The van der Waals surface area contributed by atoms with E-state index in [2.05, 4.69) is 26.0 Å². The molecule has 0 atom stereocenters. The van der Waals surface area contributed by atoms with Crippen LogP contribution in [0.5, 0.6) is 11.5 Å². The van der Waals surface area contributed by atoms with Crippen LogP contribution in [-0.2, 0) is 6.42 Å². The van der Waals surface area contributed by atoms with E-state index in [9.17, 15) is 4.79 Å². The molecule has 7 heteroatoms. The topological polar surface area (TPSA) is 65.7 Å². The SMILES string of the molecule is CCCc1nc2ccc(Br)cc2c(=O)n1N=Cc1cccc(OC)c1OCC. The normalized spacial score (nSPS) is 11.3. The predicted octanol–water partition coefficient (Wildman–Crippen LogP) is 4.40. The van der Waals surface area contributed by atoms with E-state index in [4.69, 9.17) is 9.47 Å². The molecule has 0 unspecified atom stereocenters. The lowest BCUT2D eigenvalue weighted by Crippen LogP contribution is -2.22. The van der Waals surface area contributed by atoms with Gasteiger partial charge < -0.3 is 9.47 Å². The molecule has 0 amide bonds. The Labute approximate surface area is 171 Å². The largest absolute Gasteiger partial charge is 0.493 e. The summed E-state index contributed by atoms with van der Waals surface area (Å²) in [5, 5.41) is 4.97. The Bertz CT molecular complexity index is 1080. The Morgan fingerprint density at radius 1 is 1.25 bits per heavy atom. The second-order valence-corrected chi connectivity index (χ2v) is 7.03. The number of nitrogens with zero attached hydrogens (tertiary/aromatic N) is 3. The van der Waals surface area contributed by atoms with Crippen LogP contribution in [0.15, 0.2) is 50.8 Å². The second-order valence-electron chi connectivity index (χ2n) is 6.11. The molecule has 0 aliphatic heterocycles. The number of methoxy groups -OCH3 is 1. The molecule has 1 aromatic heterocycles. The summed E-state index contributed by atoms with van der Waals surface area (Å²) in [6.07, 6.45) is 3.11. The van der Waals surface area contributed by atoms with Crippen LogP contribution in [0.2, 0.25) is 0 Å². The van der Waals surface area contributed by atoms with Crippen LogP contribution < -0.4 is 15.0 Å². The minimum absolute atomic E-state index is 0.202. The fourth-order valence-electron chi connectivity index (χ4n) is 2.91. The van der Waals surface area contributed by atoms with Crippen molar-refractivity contribution in [2.75, 3.05) is 13.7 Å². The number of aryl methyl sites for hydroxylation is 1. The number of hydrogen-bond donors (Lipinski definition) is 0. The van der Waals surface area contributed by atoms with E-state index in [1.54, 1.807) is 19.4 Å². The minimum Gasteiger partial charge on any atom is -0.493 e. The van der Waals surface area contributed by atoms with Crippen molar-refractivity contribution in [3.05, 3.63) is 62.6 Å². The van der Waals surface area contributed by atoms with Gasteiger partial charge in [0.05, 0.1) is 30.8 Å². The number of hydrogen-bond acceptors (Lipinski definition) is 5. The van der Waals surface area contributed by atoms with Crippen LogP contribution in [-0.4, -0.2) is 29.6 Å². The van der Waals surface area contributed by atoms with Crippen LogP contribution in [0.1, 0.15) is 31.7 Å². The number of benzene rings is 2. The van der Waals surface area contributed by atoms with Crippen molar-refractivity contribution in [3.8, 4) is 11.5 Å². The van der Waals surface area contributed by atoms with Crippen molar-refractivity contribution in [3.63, 3.8) is 0 Å². The summed E-state index contributed by atoms with van der Waals surface area (Å²) in [6, 6.07) is 11.0. The van der Waals surface area contributed by atoms with Crippen LogP contribution >= 0.6 is 15.9 Å². The second kappa shape index (κ2) is 9.01. The molecule has 0 saturated heterocycles. The first-order valence-corrected chi connectivity index (χ1v) is 9.93. The molecule has 0 aliphatic rings. The number of rotatable bonds is 7. The molecule has 0 radical (unpaired) electrons. The number of fused-ring (bicyclic) bond motifs is 1. The van der Waals surface area contributed by atoms with E-state index in [-0.39, 0.29) is 5.56 Å². The van der Waals surface area contributed by atoms with Crippen LogP contribution in [0, 0.1) is 0 Å². The molecule has 0 fully saturated rings. The fourth-order valence-corrected chi connectivity index (χ4v) is 3.27. The lowest BCUT2D eigenvalue weighted by molar-refractivity contribution is 0.310. The van der Waals surface area contributed by atoms with Gasteiger partial charge in [-0.15, -0.1) is 0 Å². The van der Waals surface area contributed by atoms with Crippen molar-refractivity contribution in [2.45, 2.75) is 26.7 Å². The van der Waals surface area contributed by atoms with Gasteiger partial charge in [0.15, 0.2) is 11.5 Å². The summed E-state index contributed by atoms with van der Waals surface area (Å²) in [6.45, 7) is 4.44. The van der Waals surface area contributed by atoms with Gasteiger partial charge in [0.1, 0.15) is 5.82 Å². The molecular weight excluding hydrogens is 422 g/mol. The van der Waals surface area contributed by atoms with E-state index >= 15 is 0 Å². The van der Waals surface area contributed by atoms with Gasteiger partial charge in [-0.25, -0.2) is 4.98 Å². The van der Waals surface area contributed by atoms with Gasteiger partial charge >= 0.3 is 0 Å². The third-order valence-corrected chi connectivity index (χ3v) is 4.67. The highest BCUT2D eigenvalue weighted by Crippen LogP contribution is 2.30. The van der Waals surface area contributed by atoms with Crippen molar-refractivity contribution in [1.82, 2.24) is 9.66 Å². The van der Waals surface area contributed by atoms with Gasteiger partial charge in [-0.2, -0.15) is 9.78 Å². The molecule has 0 saturated carbocycles. The molecule has 1 heterocycles. The molecular formula is C21H22BrN3O3. The highest BCUT2D eigenvalue weighted by Gasteiger charge is 2.12.